The van der Waals surface area contributed by atoms with Gasteiger partial charge in [0.1, 0.15) is 0 Å². The second kappa shape index (κ2) is 7.63. The number of piperazine rings is 1. The lowest BCUT2D eigenvalue weighted by Gasteiger charge is -2.34. The van der Waals surface area contributed by atoms with Gasteiger partial charge in [-0.1, -0.05) is 37.0 Å². The van der Waals surface area contributed by atoms with Crippen LogP contribution in [0.2, 0.25) is 10.0 Å². The van der Waals surface area contributed by atoms with Crippen LogP contribution in [-0.2, 0) is 0 Å². The number of carbonyl (C=O) groups excluding carboxylic acids is 2. The van der Waals surface area contributed by atoms with Gasteiger partial charge in [0.25, 0.3) is 5.91 Å². The Hall–Kier alpha value is -2.12. The van der Waals surface area contributed by atoms with E-state index >= 15 is 0 Å². The first-order chi connectivity index (χ1) is 12.4. The van der Waals surface area contributed by atoms with Crippen molar-refractivity contribution in [3.8, 4) is 0 Å². The van der Waals surface area contributed by atoms with Crippen LogP contribution in [-0.4, -0.2) is 58.0 Å². The number of halogens is 2. The first-order valence-electron chi connectivity index (χ1n) is 8.24. The molecule has 26 heavy (non-hydrogen) atoms. The van der Waals surface area contributed by atoms with Crippen molar-refractivity contribution in [1.29, 1.82) is 0 Å². The fourth-order valence-electron chi connectivity index (χ4n) is 2.64. The summed E-state index contributed by atoms with van der Waals surface area (Å²) in [6.07, 6.45) is 0. The van der Waals surface area contributed by atoms with Crippen LogP contribution in [0.5, 0.6) is 0 Å². The van der Waals surface area contributed by atoms with E-state index in [1.54, 1.807) is 21.9 Å². The number of amides is 2. The lowest BCUT2D eigenvalue weighted by molar-refractivity contribution is 0.0512. The van der Waals surface area contributed by atoms with Crippen LogP contribution in [0.25, 0.3) is 0 Å². The normalized spacial score (nSPS) is 14.8. The number of carbonyl (C=O) groups is 2. The van der Waals surface area contributed by atoms with E-state index in [9.17, 15) is 9.59 Å². The van der Waals surface area contributed by atoms with E-state index in [0.29, 0.717) is 47.7 Å². The highest BCUT2D eigenvalue weighted by Gasteiger charge is 2.29. The van der Waals surface area contributed by atoms with E-state index in [0.717, 1.165) is 0 Å². The van der Waals surface area contributed by atoms with Gasteiger partial charge in [-0.15, -0.1) is 10.2 Å². The van der Waals surface area contributed by atoms with Gasteiger partial charge in [-0.2, -0.15) is 0 Å². The Morgan fingerprint density at radius 1 is 1.04 bits per heavy atom. The summed E-state index contributed by atoms with van der Waals surface area (Å²) in [6.45, 7) is 5.38. The lowest BCUT2D eigenvalue weighted by Crippen LogP contribution is -2.50. The molecule has 0 unspecified atom stereocenters. The number of hydrogen-bond donors (Lipinski definition) is 0. The molecule has 1 aliphatic rings. The predicted octanol–water partition coefficient (Wildman–Crippen LogP) is 3.10. The maximum absolute atomic E-state index is 12.6. The Bertz CT molecular complexity index is 829. The van der Waals surface area contributed by atoms with Gasteiger partial charge in [-0.05, 0) is 18.2 Å². The molecule has 0 spiro atoms. The summed E-state index contributed by atoms with van der Waals surface area (Å²) < 4.78 is 5.41. The van der Waals surface area contributed by atoms with Crippen molar-refractivity contribution in [2.75, 3.05) is 26.2 Å². The van der Waals surface area contributed by atoms with E-state index < -0.39 is 0 Å². The maximum atomic E-state index is 12.6. The zero-order valence-electron chi connectivity index (χ0n) is 14.4. The molecular formula is C17H18Cl2N4O3. The van der Waals surface area contributed by atoms with Gasteiger partial charge < -0.3 is 14.2 Å². The minimum absolute atomic E-state index is 0.0192. The molecule has 3 rings (SSSR count). The third-order valence-electron chi connectivity index (χ3n) is 4.13. The van der Waals surface area contributed by atoms with E-state index in [1.165, 1.54) is 6.07 Å². The van der Waals surface area contributed by atoms with Crippen molar-refractivity contribution >= 4 is 35.0 Å². The summed E-state index contributed by atoms with van der Waals surface area (Å²) in [5.41, 5.74) is 0.398. The summed E-state index contributed by atoms with van der Waals surface area (Å²) >= 11 is 12.0. The largest absolute Gasteiger partial charge is 0.417 e. The van der Waals surface area contributed by atoms with Crippen LogP contribution in [0, 0.1) is 0 Å². The first-order valence-corrected chi connectivity index (χ1v) is 8.99. The summed E-state index contributed by atoms with van der Waals surface area (Å²) in [6, 6.07) is 4.77. The number of hydrogen-bond acceptors (Lipinski definition) is 5. The van der Waals surface area contributed by atoms with Crippen molar-refractivity contribution in [3.05, 3.63) is 45.6 Å². The third-order valence-corrected chi connectivity index (χ3v) is 4.68. The second-order valence-corrected chi connectivity index (χ2v) is 7.15. The summed E-state index contributed by atoms with van der Waals surface area (Å²) in [5, 5.41) is 8.48. The van der Waals surface area contributed by atoms with Crippen molar-refractivity contribution in [1.82, 2.24) is 20.0 Å². The molecule has 0 N–H and O–H groups in total. The van der Waals surface area contributed by atoms with Gasteiger partial charge in [0, 0.05) is 37.1 Å². The molecule has 7 nitrogen and oxygen atoms in total. The molecule has 0 atom stereocenters. The van der Waals surface area contributed by atoms with E-state index in [2.05, 4.69) is 10.2 Å². The molecule has 2 heterocycles. The summed E-state index contributed by atoms with van der Waals surface area (Å²) in [5.74, 6) is -0.0314. The van der Waals surface area contributed by atoms with Gasteiger partial charge in [-0.3, -0.25) is 9.59 Å². The van der Waals surface area contributed by atoms with Gasteiger partial charge in [0.15, 0.2) is 0 Å². The van der Waals surface area contributed by atoms with Crippen molar-refractivity contribution in [2.45, 2.75) is 19.8 Å². The van der Waals surface area contributed by atoms with E-state index in [1.807, 2.05) is 13.8 Å². The molecule has 2 aromatic rings. The lowest BCUT2D eigenvalue weighted by atomic mass is 10.1. The highest BCUT2D eigenvalue weighted by Crippen LogP contribution is 2.23. The molecular weight excluding hydrogens is 379 g/mol. The molecule has 1 aromatic carbocycles. The number of aromatic nitrogens is 2. The van der Waals surface area contributed by atoms with Gasteiger partial charge >= 0.3 is 11.8 Å². The fourth-order valence-corrected chi connectivity index (χ4v) is 3.12. The first kappa shape index (κ1) is 18.7. The molecule has 1 aliphatic heterocycles. The molecule has 0 saturated carbocycles. The van der Waals surface area contributed by atoms with Crippen molar-refractivity contribution in [3.63, 3.8) is 0 Å². The van der Waals surface area contributed by atoms with Gasteiger partial charge in [-0.25, -0.2) is 0 Å². The summed E-state index contributed by atoms with van der Waals surface area (Å²) in [4.78, 5) is 28.3. The van der Waals surface area contributed by atoms with E-state index in [-0.39, 0.29) is 23.6 Å². The Labute approximate surface area is 160 Å². The average molecular weight is 397 g/mol. The van der Waals surface area contributed by atoms with Crippen LogP contribution >= 0.6 is 23.2 Å². The average Bonchev–Trinajstić information content (AvgIpc) is 3.11. The Balaban J connectivity index is 1.63. The molecule has 1 saturated heterocycles. The molecule has 2 amide bonds. The Morgan fingerprint density at radius 3 is 2.19 bits per heavy atom. The van der Waals surface area contributed by atoms with Crippen LogP contribution in [0.15, 0.2) is 22.6 Å². The maximum Gasteiger partial charge on any atom is 0.311 e. The number of nitrogens with zero attached hydrogens (tertiary/aromatic N) is 4. The molecule has 0 bridgehead atoms. The fraction of sp³-hybridized carbons (Fsp3) is 0.412. The predicted molar refractivity (Wildman–Crippen MR) is 96.7 cm³/mol. The second-order valence-electron chi connectivity index (χ2n) is 6.31. The van der Waals surface area contributed by atoms with Crippen molar-refractivity contribution in [2.24, 2.45) is 0 Å². The molecule has 0 aliphatic carbocycles. The van der Waals surface area contributed by atoms with Crippen LogP contribution < -0.4 is 0 Å². The minimum Gasteiger partial charge on any atom is -0.417 e. The molecule has 1 aromatic heterocycles. The SMILES string of the molecule is CC(C)c1nnc(C(=O)N2CCN(C(=O)c3ccc(Cl)cc3Cl)CC2)o1. The van der Waals surface area contributed by atoms with Crippen LogP contribution in [0.4, 0.5) is 0 Å². The highest BCUT2D eigenvalue weighted by molar-refractivity contribution is 6.36. The van der Waals surface area contributed by atoms with Gasteiger partial charge in [0.05, 0.1) is 10.6 Å². The standard InChI is InChI=1S/C17H18Cl2N4O3/c1-10(2)14-20-21-15(26-14)17(25)23-7-5-22(6-8-23)16(24)12-4-3-11(18)9-13(12)19/h3-4,9-10H,5-8H2,1-2H3. The summed E-state index contributed by atoms with van der Waals surface area (Å²) in [7, 11) is 0. The zero-order valence-corrected chi connectivity index (χ0v) is 15.9. The monoisotopic (exact) mass is 396 g/mol. The smallest absolute Gasteiger partial charge is 0.311 e. The third kappa shape index (κ3) is 3.83. The Morgan fingerprint density at radius 2 is 1.65 bits per heavy atom. The quantitative estimate of drug-likeness (QED) is 0.795. The number of rotatable bonds is 3. The topological polar surface area (TPSA) is 79.5 Å². The Kier molecular flexibility index (Phi) is 5.48. The molecule has 9 heteroatoms. The van der Waals surface area contributed by atoms with Gasteiger partial charge in [0.2, 0.25) is 5.89 Å². The molecule has 1 fully saturated rings. The molecule has 138 valence electrons. The van der Waals surface area contributed by atoms with Crippen LogP contribution in [0.3, 0.4) is 0 Å². The van der Waals surface area contributed by atoms with Crippen molar-refractivity contribution < 1.29 is 14.0 Å². The molecule has 0 radical (unpaired) electrons. The minimum atomic E-state index is -0.318. The van der Waals surface area contributed by atoms with E-state index in [4.69, 9.17) is 27.6 Å². The zero-order chi connectivity index (χ0) is 18.8. The highest BCUT2D eigenvalue weighted by atomic mass is 35.5. The number of benzene rings is 1. The van der Waals surface area contributed by atoms with Crippen LogP contribution in [0.1, 0.15) is 46.7 Å².